The predicted molar refractivity (Wildman–Crippen MR) is 148 cm³/mol. The van der Waals surface area contributed by atoms with E-state index in [0.29, 0.717) is 11.3 Å². The number of sulfonamides is 1. The zero-order valence-corrected chi connectivity index (χ0v) is 23.3. The van der Waals surface area contributed by atoms with Gasteiger partial charge in [-0.05, 0) is 62.2 Å². The number of halogens is 1. The van der Waals surface area contributed by atoms with Crippen LogP contribution in [0.5, 0.6) is 5.75 Å². The average Bonchev–Trinajstić information content (AvgIpc) is 2.92. The van der Waals surface area contributed by atoms with E-state index >= 15 is 0 Å². The predicted octanol–water partition coefficient (Wildman–Crippen LogP) is 4.36. The number of methoxy groups -OCH3 is 1. The monoisotopic (exact) mass is 555 g/mol. The number of nitrogens with one attached hydrogen (secondary N) is 1. The third kappa shape index (κ3) is 7.57. The summed E-state index contributed by atoms with van der Waals surface area (Å²) in [5.74, 6) is -0.965. The van der Waals surface area contributed by atoms with Crippen LogP contribution in [0, 0.1) is 5.82 Å². The van der Waals surface area contributed by atoms with E-state index in [0.717, 1.165) is 4.31 Å². The first-order valence-corrected chi connectivity index (χ1v) is 14.1. The number of anilines is 1. The van der Waals surface area contributed by atoms with Crippen molar-refractivity contribution < 1.29 is 27.1 Å². The van der Waals surface area contributed by atoms with Crippen LogP contribution in [-0.4, -0.2) is 50.9 Å². The molecule has 1 N–H and O–H groups in total. The standard InChI is InChI=1S/C29H34FN3O5S/c1-5-27(29(35)31-21(2)3)32(19-22-14-16-23(30)17-15-22)28(34)20-33(24-10-9-11-25(18-24)38-4)39(36,37)26-12-7-6-8-13-26/h6-18,21,27H,5,19-20H2,1-4H3,(H,31,35)/t27-/m0/s1. The molecule has 0 radical (unpaired) electrons. The quantitative estimate of drug-likeness (QED) is 0.358. The number of benzene rings is 3. The highest BCUT2D eigenvalue weighted by Gasteiger charge is 2.34. The first-order chi connectivity index (χ1) is 18.6. The van der Waals surface area contributed by atoms with Crippen LogP contribution in [0.15, 0.2) is 83.8 Å². The fourth-order valence-corrected chi connectivity index (χ4v) is 5.53. The van der Waals surface area contributed by atoms with Gasteiger partial charge in [0, 0.05) is 18.7 Å². The molecule has 0 fully saturated rings. The zero-order chi connectivity index (χ0) is 28.6. The molecular formula is C29H34FN3O5S. The lowest BCUT2D eigenvalue weighted by Crippen LogP contribution is -2.53. The molecule has 3 rings (SSSR count). The largest absolute Gasteiger partial charge is 0.497 e. The number of carbonyl (C=O) groups is 2. The molecule has 3 aromatic rings. The molecule has 39 heavy (non-hydrogen) atoms. The Morgan fingerprint density at radius 2 is 1.64 bits per heavy atom. The molecule has 1 atom stereocenters. The molecule has 208 valence electrons. The fourth-order valence-electron chi connectivity index (χ4n) is 4.10. The topological polar surface area (TPSA) is 96.0 Å². The maximum absolute atomic E-state index is 14.0. The van der Waals surface area contributed by atoms with E-state index in [1.165, 1.54) is 54.5 Å². The van der Waals surface area contributed by atoms with Gasteiger partial charge in [0.2, 0.25) is 11.8 Å². The van der Waals surface area contributed by atoms with Crippen molar-refractivity contribution in [2.24, 2.45) is 0 Å². The summed E-state index contributed by atoms with van der Waals surface area (Å²) >= 11 is 0. The van der Waals surface area contributed by atoms with E-state index in [9.17, 15) is 22.4 Å². The van der Waals surface area contributed by atoms with Gasteiger partial charge in [-0.15, -0.1) is 0 Å². The van der Waals surface area contributed by atoms with E-state index in [1.54, 1.807) is 43.3 Å². The SMILES string of the molecule is CC[C@@H](C(=O)NC(C)C)N(Cc1ccc(F)cc1)C(=O)CN(c1cccc(OC)c1)S(=O)(=O)c1ccccc1. The third-order valence-corrected chi connectivity index (χ3v) is 7.82. The van der Waals surface area contributed by atoms with Crippen LogP contribution >= 0.6 is 0 Å². The van der Waals surface area contributed by atoms with Crippen LogP contribution in [0.4, 0.5) is 10.1 Å². The van der Waals surface area contributed by atoms with Crippen LogP contribution in [-0.2, 0) is 26.2 Å². The lowest BCUT2D eigenvalue weighted by molar-refractivity contribution is -0.140. The molecule has 0 bridgehead atoms. The van der Waals surface area contributed by atoms with Crippen molar-refractivity contribution in [1.29, 1.82) is 0 Å². The van der Waals surface area contributed by atoms with Gasteiger partial charge in [-0.2, -0.15) is 0 Å². The summed E-state index contributed by atoms with van der Waals surface area (Å²) in [5.41, 5.74) is 0.826. The summed E-state index contributed by atoms with van der Waals surface area (Å²) in [6.45, 7) is 4.81. The van der Waals surface area contributed by atoms with E-state index in [-0.39, 0.29) is 35.5 Å². The minimum absolute atomic E-state index is 0.00953. The Morgan fingerprint density at radius 1 is 0.974 bits per heavy atom. The van der Waals surface area contributed by atoms with Gasteiger partial charge >= 0.3 is 0 Å². The molecule has 0 saturated heterocycles. The Kier molecular flexibility index (Phi) is 10.1. The highest BCUT2D eigenvalue weighted by molar-refractivity contribution is 7.92. The van der Waals surface area contributed by atoms with Gasteiger partial charge in [-0.1, -0.05) is 43.3 Å². The van der Waals surface area contributed by atoms with E-state index in [2.05, 4.69) is 5.32 Å². The van der Waals surface area contributed by atoms with Crippen LogP contribution in [0.2, 0.25) is 0 Å². The summed E-state index contributed by atoms with van der Waals surface area (Å²) in [6.07, 6.45) is 0.288. The summed E-state index contributed by atoms with van der Waals surface area (Å²) in [4.78, 5) is 28.4. The first-order valence-electron chi connectivity index (χ1n) is 12.6. The van der Waals surface area contributed by atoms with Crippen molar-refractivity contribution in [2.75, 3.05) is 18.0 Å². The van der Waals surface area contributed by atoms with Gasteiger partial charge in [0.05, 0.1) is 17.7 Å². The summed E-state index contributed by atoms with van der Waals surface area (Å²) in [6, 6.07) is 18.8. The number of amides is 2. The van der Waals surface area contributed by atoms with E-state index in [1.807, 2.05) is 13.8 Å². The molecule has 0 heterocycles. The lowest BCUT2D eigenvalue weighted by atomic mass is 10.1. The third-order valence-electron chi connectivity index (χ3n) is 6.03. The Balaban J connectivity index is 2.06. The molecule has 0 aliphatic carbocycles. The molecule has 3 aromatic carbocycles. The Hall–Kier alpha value is -3.92. The normalized spacial score (nSPS) is 12.1. The number of rotatable bonds is 12. The maximum atomic E-state index is 14.0. The highest BCUT2D eigenvalue weighted by Crippen LogP contribution is 2.27. The molecule has 2 amide bonds. The first kappa shape index (κ1) is 29.6. The Morgan fingerprint density at radius 3 is 2.23 bits per heavy atom. The molecule has 0 spiro atoms. The van der Waals surface area contributed by atoms with Gasteiger partial charge in [0.25, 0.3) is 10.0 Å². The second-order valence-electron chi connectivity index (χ2n) is 9.26. The molecule has 10 heteroatoms. The van der Waals surface area contributed by atoms with Crippen molar-refractivity contribution in [2.45, 2.75) is 50.7 Å². The number of hydrogen-bond donors (Lipinski definition) is 1. The average molecular weight is 556 g/mol. The van der Waals surface area contributed by atoms with Crippen molar-refractivity contribution in [3.05, 3.63) is 90.2 Å². The second kappa shape index (κ2) is 13.2. The van der Waals surface area contributed by atoms with Crippen molar-refractivity contribution >= 4 is 27.5 Å². The second-order valence-corrected chi connectivity index (χ2v) is 11.1. The van der Waals surface area contributed by atoms with Crippen molar-refractivity contribution in [3.63, 3.8) is 0 Å². The van der Waals surface area contributed by atoms with Gasteiger partial charge < -0.3 is 15.0 Å². The molecule has 0 aromatic heterocycles. The van der Waals surface area contributed by atoms with Gasteiger partial charge in [-0.25, -0.2) is 12.8 Å². The maximum Gasteiger partial charge on any atom is 0.264 e. The number of carbonyl (C=O) groups excluding carboxylic acids is 2. The fraction of sp³-hybridized carbons (Fsp3) is 0.310. The number of ether oxygens (including phenoxy) is 1. The number of nitrogens with zero attached hydrogens (tertiary/aromatic N) is 2. The highest BCUT2D eigenvalue weighted by atomic mass is 32.2. The molecule has 0 saturated carbocycles. The lowest BCUT2D eigenvalue weighted by Gasteiger charge is -2.33. The van der Waals surface area contributed by atoms with Crippen LogP contribution < -0.4 is 14.4 Å². The molecule has 0 unspecified atom stereocenters. The Labute approximate surface area is 229 Å². The summed E-state index contributed by atoms with van der Waals surface area (Å²) in [7, 11) is -2.72. The zero-order valence-electron chi connectivity index (χ0n) is 22.5. The molecular weight excluding hydrogens is 521 g/mol. The Bertz CT molecular complexity index is 1370. The molecule has 0 aliphatic rings. The molecule has 0 aliphatic heterocycles. The van der Waals surface area contributed by atoms with Crippen molar-refractivity contribution in [1.82, 2.24) is 10.2 Å². The van der Waals surface area contributed by atoms with Crippen LogP contribution in [0.3, 0.4) is 0 Å². The summed E-state index contributed by atoms with van der Waals surface area (Å²) in [5, 5.41) is 2.84. The minimum atomic E-state index is -4.18. The van der Waals surface area contributed by atoms with Gasteiger partial charge in [0.1, 0.15) is 24.2 Å². The van der Waals surface area contributed by atoms with Crippen LogP contribution in [0.1, 0.15) is 32.8 Å². The number of hydrogen-bond acceptors (Lipinski definition) is 5. The molecule has 8 nitrogen and oxygen atoms in total. The summed E-state index contributed by atoms with van der Waals surface area (Å²) < 4.78 is 47.5. The van der Waals surface area contributed by atoms with Crippen molar-refractivity contribution in [3.8, 4) is 5.75 Å². The van der Waals surface area contributed by atoms with E-state index in [4.69, 9.17) is 4.74 Å². The smallest absolute Gasteiger partial charge is 0.264 e. The van der Waals surface area contributed by atoms with E-state index < -0.39 is 34.3 Å². The van der Waals surface area contributed by atoms with Gasteiger partial charge in [0.15, 0.2) is 0 Å². The van der Waals surface area contributed by atoms with Gasteiger partial charge in [-0.3, -0.25) is 13.9 Å². The minimum Gasteiger partial charge on any atom is -0.497 e. The van der Waals surface area contributed by atoms with Crippen LogP contribution in [0.25, 0.3) is 0 Å².